The number of carbonyl (C=O) groups excluding carboxylic acids is 1. The molecule has 110 valence electrons. The van der Waals surface area contributed by atoms with Gasteiger partial charge in [0, 0.05) is 24.2 Å². The maximum atomic E-state index is 12.0. The van der Waals surface area contributed by atoms with Crippen molar-refractivity contribution < 1.29 is 4.79 Å². The summed E-state index contributed by atoms with van der Waals surface area (Å²) in [6, 6.07) is 5.60. The Labute approximate surface area is 129 Å². The summed E-state index contributed by atoms with van der Waals surface area (Å²) in [5.74, 6) is -0.0583. The molecule has 0 bridgehead atoms. The van der Waals surface area contributed by atoms with Crippen LogP contribution in [0.15, 0.2) is 18.2 Å². The quantitative estimate of drug-likeness (QED) is 0.897. The number of piperidine rings is 1. The number of likely N-dealkylation sites (tertiary alicyclic amines) is 1. The van der Waals surface area contributed by atoms with E-state index < -0.39 is 0 Å². The number of rotatable bonds is 4. The van der Waals surface area contributed by atoms with Crippen molar-refractivity contribution in [1.82, 2.24) is 10.2 Å². The average Bonchev–Trinajstić information content (AvgIpc) is 2.43. The number of amides is 1. The van der Waals surface area contributed by atoms with Crippen LogP contribution in [0.5, 0.6) is 0 Å². The summed E-state index contributed by atoms with van der Waals surface area (Å²) in [5, 5.41) is 7.13. The van der Waals surface area contributed by atoms with Crippen LogP contribution < -0.4 is 10.6 Å². The molecule has 1 aromatic carbocycles. The van der Waals surface area contributed by atoms with Crippen molar-refractivity contribution in [2.24, 2.45) is 0 Å². The zero-order valence-corrected chi connectivity index (χ0v) is 13.0. The largest absolute Gasteiger partial charge is 0.324 e. The Morgan fingerprint density at radius 3 is 2.70 bits per heavy atom. The van der Waals surface area contributed by atoms with E-state index >= 15 is 0 Å². The van der Waals surface area contributed by atoms with Crippen LogP contribution in [-0.2, 0) is 4.79 Å². The highest BCUT2D eigenvalue weighted by Gasteiger charge is 2.19. The monoisotopic (exact) mass is 315 g/mol. The van der Waals surface area contributed by atoms with E-state index in [0.29, 0.717) is 28.3 Å². The van der Waals surface area contributed by atoms with Gasteiger partial charge in [0.05, 0.1) is 17.3 Å². The molecular formula is C14H19Cl2N3O. The molecule has 0 spiro atoms. The minimum absolute atomic E-state index is 0.0583. The van der Waals surface area contributed by atoms with Crippen LogP contribution in [0, 0.1) is 0 Å². The van der Waals surface area contributed by atoms with Crippen LogP contribution in [0.4, 0.5) is 5.69 Å². The molecule has 2 rings (SSSR count). The van der Waals surface area contributed by atoms with Gasteiger partial charge in [-0.15, -0.1) is 0 Å². The summed E-state index contributed by atoms with van der Waals surface area (Å²) in [5.41, 5.74) is 0.564. The first kappa shape index (κ1) is 15.6. The Hall–Kier alpha value is -0.810. The van der Waals surface area contributed by atoms with Gasteiger partial charge in [0.15, 0.2) is 0 Å². The van der Waals surface area contributed by atoms with Crippen molar-refractivity contribution >= 4 is 34.8 Å². The third-order valence-electron chi connectivity index (χ3n) is 3.57. The van der Waals surface area contributed by atoms with E-state index in [1.807, 2.05) is 7.05 Å². The minimum atomic E-state index is -0.0583. The van der Waals surface area contributed by atoms with E-state index in [9.17, 15) is 4.79 Å². The third-order valence-corrected chi connectivity index (χ3v) is 4.13. The Morgan fingerprint density at radius 1 is 1.35 bits per heavy atom. The molecular weight excluding hydrogens is 297 g/mol. The van der Waals surface area contributed by atoms with Crippen molar-refractivity contribution in [3.8, 4) is 0 Å². The molecule has 0 saturated carbocycles. The van der Waals surface area contributed by atoms with Gasteiger partial charge in [-0.3, -0.25) is 9.69 Å². The second-order valence-electron chi connectivity index (χ2n) is 5.01. The average molecular weight is 316 g/mol. The van der Waals surface area contributed by atoms with Gasteiger partial charge >= 0.3 is 0 Å². The highest BCUT2D eigenvalue weighted by molar-refractivity contribution is 6.35. The van der Waals surface area contributed by atoms with Crippen molar-refractivity contribution in [3.63, 3.8) is 0 Å². The van der Waals surface area contributed by atoms with Crippen LogP contribution in [0.1, 0.15) is 12.8 Å². The Kier molecular flexibility index (Phi) is 5.66. The van der Waals surface area contributed by atoms with Crippen LogP contribution in [0.3, 0.4) is 0 Å². The molecule has 6 heteroatoms. The van der Waals surface area contributed by atoms with E-state index in [4.69, 9.17) is 23.2 Å². The van der Waals surface area contributed by atoms with Crippen molar-refractivity contribution in [1.29, 1.82) is 0 Å². The SMILES string of the molecule is CNC1CCN(CC(=O)Nc2cc(Cl)ccc2Cl)CC1. The number of carbonyl (C=O) groups is 1. The molecule has 0 unspecified atom stereocenters. The Balaban J connectivity index is 1.85. The summed E-state index contributed by atoms with van der Waals surface area (Å²) >= 11 is 11.9. The smallest absolute Gasteiger partial charge is 0.238 e. The van der Waals surface area contributed by atoms with E-state index in [0.717, 1.165) is 25.9 Å². The lowest BCUT2D eigenvalue weighted by molar-refractivity contribution is -0.117. The summed E-state index contributed by atoms with van der Waals surface area (Å²) in [6.07, 6.45) is 2.14. The maximum absolute atomic E-state index is 12.0. The number of hydrogen-bond donors (Lipinski definition) is 2. The molecule has 1 saturated heterocycles. The lowest BCUT2D eigenvalue weighted by Crippen LogP contribution is -2.44. The van der Waals surface area contributed by atoms with Gasteiger partial charge in [0.1, 0.15) is 0 Å². The van der Waals surface area contributed by atoms with Crippen molar-refractivity contribution in [2.45, 2.75) is 18.9 Å². The third kappa shape index (κ3) is 4.35. The number of halogens is 2. The molecule has 1 aliphatic rings. The second kappa shape index (κ2) is 7.27. The number of hydrogen-bond acceptors (Lipinski definition) is 3. The molecule has 0 radical (unpaired) electrons. The molecule has 1 fully saturated rings. The first-order valence-electron chi connectivity index (χ1n) is 6.73. The normalized spacial score (nSPS) is 17.1. The molecule has 0 aromatic heterocycles. The molecule has 1 amide bonds. The fraction of sp³-hybridized carbons (Fsp3) is 0.500. The minimum Gasteiger partial charge on any atom is -0.324 e. The fourth-order valence-electron chi connectivity index (χ4n) is 2.37. The van der Waals surface area contributed by atoms with Gasteiger partial charge in [0.25, 0.3) is 0 Å². The van der Waals surface area contributed by atoms with Gasteiger partial charge in [0.2, 0.25) is 5.91 Å². The summed E-state index contributed by atoms with van der Waals surface area (Å²) in [6.45, 7) is 2.25. The van der Waals surface area contributed by atoms with E-state index in [-0.39, 0.29) is 5.91 Å². The van der Waals surface area contributed by atoms with Gasteiger partial charge in [-0.25, -0.2) is 0 Å². The topological polar surface area (TPSA) is 44.4 Å². The first-order chi connectivity index (χ1) is 9.58. The van der Waals surface area contributed by atoms with Crippen LogP contribution in [0.2, 0.25) is 10.0 Å². The standard InChI is InChI=1S/C14H19Cl2N3O/c1-17-11-4-6-19(7-5-11)9-14(20)18-13-8-10(15)2-3-12(13)16/h2-3,8,11,17H,4-7,9H2,1H3,(H,18,20). The summed E-state index contributed by atoms with van der Waals surface area (Å²) < 4.78 is 0. The number of anilines is 1. The number of nitrogens with zero attached hydrogens (tertiary/aromatic N) is 1. The lowest BCUT2D eigenvalue weighted by Gasteiger charge is -2.31. The van der Waals surface area contributed by atoms with Gasteiger partial charge in [-0.05, 0) is 38.1 Å². The lowest BCUT2D eigenvalue weighted by atomic mass is 10.1. The zero-order chi connectivity index (χ0) is 14.5. The van der Waals surface area contributed by atoms with E-state index in [2.05, 4.69) is 15.5 Å². The second-order valence-corrected chi connectivity index (χ2v) is 5.86. The Morgan fingerprint density at radius 2 is 2.05 bits per heavy atom. The van der Waals surface area contributed by atoms with Crippen molar-refractivity contribution in [2.75, 3.05) is 32.0 Å². The highest BCUT2D eigenvalue weighted by atomic mass is 35.5. The summed E-state index contributed by atoms with van der Waals surface area (Å²) in [7, 11) is 1.98. The first-order valence-corrected chi connectivity index (χ1v) is 7.48. The van der Waals surface area contributed by atoms with E-state index in [1.54, 1.807) is 18.2 Å². The zero-order valence-electron chi connectivity index (χ0n) is 11.5. The maximum Gasteiger partial charge on any atom is 0.238 e. The van der Waals surface area contributed by atoms with Gasteiger partial charge in [-0.1, -0.05) is 23.2 Å². The van der Waals surface area contributed by atoms with Crippen molar-refractivity contribution in [3.05, 3.63) is 28.2 Å². The number of benzene rings is 1. The van der Waals surface area contributed by atoms with Crippen LogP contribution >= 0.6 is 23.2 Å². The molecule has 4 nitrogen and oxygen atoms in total. The van der Waals surface area contributed by atoms with Crippen LogP contribution in [0.25, 0.3) is 0 Å². The predicted octanol–water partition coefficient (Wildman–Crippen LogP) is 2.62. The molecule has 0 atom stereocenters. The highest BCUT2D eigenvalue weighted by Crippen LogP contribution is 2.25. The van der Waals surface area contributed by atoms with E-state index in [1.165, 1.54) is 0 Å². The summed E-state index contributed by atoms with van der Waals surface area (Å²) in [4.78, 5) is 14.2. The Bertz CT molecular complexity index is 473. The predicted molar refractivity (Wildman–Crippen MR) is 83.6 cm³/mol. The molecule has 1 aliphatic heterocycles. The molecule has 2 N–H and O–H groups in total. The van der Waals surface area contributed by atoms with Gasteiger partial charge in [-0.2, -0.15) is 0 Å². The molecule has 20 heavy (non-hydrogen) atoms. The molecule has 1 heterocycles. The number of nitrogens with one attached hydrogen (secondary N) is 2. The molecule has 1 aromatic rings. The van der Waals surface area contributed by atoms with Gasteiger partial charge < -0.3 is 10.6 Å². The van der Waals surface area contributed by atoms with Crippen LogP contribution in [-0.4, -0.2) is 43.5 Å². The molecule has 0 aliphatic carbocycles. The fourth-order valence-corrected chi connectivity index (χ4v) is 2.70.